The number of halogens is 2. The summed E-state index contributed by atoms with van der Waals surface area (Å²) in [4.78, 5) is 0. The molecule has 0 saturated heterocycles. The highest BCUT2D eigenvalue weighted by Gasteiger charge is 2.15. The lowest BCUT2D eigenvalue weighted by atomic mass is 10.2. The smallest absolute Gasteiger partial charge is 0.165 e. The molecule has 0 unspecified atom stereocenters. The Morgan fingerprint density at radius 2 is 2.06 bits per heavy atom. The number of hydrogen-bond acceptors (Lipinski definition) is 3. The van der Waals surface area contributed by atoms with Crippen LogP contribution in [-0.2, 0) is 13.1 Å². The number of rotatable bonds is 3. The minimum absolute atomic E-state index is 0.346. The van der Waals surface area contributed by atoms with Crippen LogP contribution in [0.25, 0.3) is 11.4 Å². The maximum absolute atomic E-state index is 6.16. The van der Waals surface area contributed by atoms with Gasteiger partial charge in [0.1, 0.15) is 5.82 Å². The van der Waals surface area contributed by atoms with Gasteiger partial charge < -0.3 is 10.3 Å². The van der Waals surface area contributed by atoms with Crippen LogP contribution in [0.4, 0.5) is 0 Å². The fourth-order valence-corrected chi connectivity index (χ4v) is 2.08. The second-order valence-corrected chi connectivity index (χ2v) is 4.27. The zero-order valence-electron chi connectivity index (χ0n) is 9.32. The molecule has 0 saturated carbocycles. The van der Waals surface area contributed by atoms with Crippen LogP contribution in [0, 0.1) is 0 Å². The van der Waals surface area contributed by atoms with Crippen molar-refractivity contribution < 1.29 is 0 Å². The van der Waals surface area contributed by atoms with Crippen molar-refractivity contribution in [3.05, 3.63) is 34.1 Å². The molecule has 1 aromatic carbocycles. The van der Waals surface area contributed by atoms with Crippen molar-refractivity contribution in [2.45, 2.75) is 20.0 Å². The van der Waals surface area contributed by atoms with Crippen molar-refractivity contribution in [2.75, 3.05) is 0 Å². The molecule has 0 aliphatic rings. The van der Waals surface area contributed by atoms with Crippen LogP contribution in [0.2, 0.25) is 10.0 Å². The first-order chi connectivity index (χ1) is 8.19. The molecule has 0 amide bonds. The van der Waals surface area contributed by atoms with Crippen molar-refractivity contribution in [2.24, 2.45) is 5.73 Å². The molecular weight excluding hydrogens is 259 g/mol. The SMILES string of the molecule is CCn1c(CN)nnc1-c1cccc(Cl)c1Cl. The zero-order chi connectivity index (χ0) is 12.4. The summed E-state index contributed by atoms with van der Waals surface area (Å²) in [5, 5.41) is 9.15. The normalized spacial score (nSPS) is 10.8. The summed E-state index contributed by atoms with van der Waals surface area (Å²) in [6, 6.07) is 5.44. The molecule has 0 radical (unpaired) electrons. The summed E-state index contributed by atoms with van der Waals surface area (Å²) in [6.45, 7) is 3.08. The molecule has 0 spiro atoms. The Bertz CT molecular complexity index is 536. The molecular formula is C11H12Cl2N4. The maximum atomic E-state index is 6.16. The Morgan fingerprint density at radius 1 is 1.29 bits per heavy atom. The predicted octanol–water partition coefficient (Wildman–Crippen LogP) is 2.73. The Morgan fingerprint density at radius 3 is 2.71 bits per heavy atom. The molecule has 2 N–H and O–H groups in total. The monoisotopic (exact) mass is 270 g/mol. The summed E-state index contributed by atoms with van der Waals surface area (Å²) in [7, 11) is 0. The van der Waals surface area contributed by atoms with E-state index in [1.807, 2.05) is 23.6 Å². The van der Waals surface area contributed by atoms with Crippen LogP contribution in [0.15, 0.2) is 18.2 Å². The van der Waals surface area contributed by atoms with Gasteiger partial charge >= 0.3 is 0 Å². The summed E-state index contributed by atoms with van der Waals surface area (Å²) in [5.41, 5.74) is 6.37. The molecule has 0 fully saturated rings. The third kappa shape index (κ3) is 2.16. The molecule has 0 aliphatic carbocycles. The minimum atomic E-state index is 0.346. The van der Waals surface area contributed by atoms with E-state index in [1.165, 1.54) is 0 Å². The van der Waals surface area contributed by atoms with Crippen LogP contribution < -0.4 is 5.73 Å². The Kier molecular flexibility index (Phi) is 3.66. The topological polar surface area (TPSA) is 56.7 Å². The Hall–Kier alpha value is -1.10. The largest absolute Gasteiger partial charge is 0.324 e. The van der Waals surface area contributed by atoms with Gasteiger partial charge in [-0.05, 0) is 19.1 Å². The first-order valence-corrected chi connectivity index (χ1v) is 6.01. The van der Waals surface area contributed by atoms with E-state index in [0.29, 0.717) is 22.4 Å². The van der Waals surface area contributed by atoms with Gasteiger partial charge in [0, 0.05) is 12.1 Å². The van der Waals surface area contributed by atoms with Gasteiger partial charge in [0.05, 0.1) is 16.6 Å². The van der Waals surface area contributed by atoms with E-state index in [0.717, 1.165) is 17.9 Å². The van der Waals surface area contributed by atoms with Gasteiger partial charge in [0.25, 0.3) is 0 Å². The van der Waals surface area contributed by atoms with Gasteiger partial charge in [-0.2, -0.15) is 0 Å². The average molecular weight is 271 g/mol. The van der Waals surface area contributed by atoms with Crippen molar-refractivity contribution in [1.29, 1.82) is 0 Å². The highest BCUT2D eigenvalue weighted by atomic mass is 35.5. The van der Waals surface area contributed by atoms with Crippen LogP contribution in [-0.4, -0.2) is 14.8 Å². The highest BCUT2D eigenvalue weighted by molar-refractivity contribution is 6.43. The van der Waals surface area contributed by atoms with Gasteiger partial charge in [-0.3, -0.25) is 0 Å². The minimum Gasteiger partial charge on any atom is -0.324 e. The molecule has 2 aromatic rings. The molecule has 0 bridgehead atoms. The lowest BCUT2D eigenvalue weighted by Gasteiger charge is -2.08. The molecule has 4 nitrogen and oxygen atoms in total. The van der Waals surface area contributed by atoms with Gasteiger partial charge in [-0.1, -0.05) is 29.3 Å². The van der Waals surface area contributed by atoms with E-state index in [4.69, 9.17) is 28.9 Å². The lowest BCUT2D eigenvalue weighted by Crippen LogP contribution is -2.08. The quantitative estimate of drug-likeness (QED) is 0.933. The first-order valence-electron chi connectivity index (χ1n) is 5.25. The summed E-state index contributed by atoms with van der Waals surface area (Å²) < 4.78 is 1.93. The van der Waals surface area contributed by atoms with Gasteiger partial charge in [0.2, 0.25) is 0 Å². The van der Waals surface area contributed by atoms with Crippen LogP contribution >= 0.6 is 23.2 Å². The van der Waals surface area contributed by atoms with Crippen molar-refractivity contribution >= 4 is 23.2 Å². The number of nitrogens with zero attached hydrogens (tertiary/aromatic N) is 3. The predicted molar refractivity (Wildman–Crippen MR) is 69.0 cm³/mol. The molecule has 6 heteroatoms. The van der Waals surface area contributed by atoms with Crippen LogP contribution in [0.3, 0.4) is 0 Å². The van der Waals surface area contributed by atoms with E-state index >= 15 is 0 Å². The Balaban J connectivity index is 2.60. The van der Waals surface area contributed by atoms with Gasteiger partial charge in [0.15, 0.2) is 5.82 Å². The standard InChI is InChI=1S/C11H12Cl2N4/c1-2-17-9(6-14)15-16-11(17)7-4-3-5-8(12)10(7)13/h3-5H,2,6,14H2,1H3. The summed E-state index contributed by atoms with van der Waals surface area (Å²) in [5.74, 6) is 1.43. The van der Waals surface area contributed by atoms with E-state index < -0.39 is 0 Å². The summed E-state index contributed by atoms with van der Waals surface area (Å²) in [6.07, 6.45) is 0. The molecule has 2 rings (SSSR count). The van der Waals surface area contributed by atoms with Gasteiger partial charge in [-0.15, -0.1) is 10.2 Å². The molecule has 90 valence electrons. The third-order valence-corrected chi connectivity index (χ3v) is 3.34. The molecule has 0 aliphatic heterocycles. The molecule has 17 heavy (non-hydrogen) atoms. The van der Waals surface area contributed by atoms with Crippen molar-refractivity contribution in [1.82, 2.24) is 14.8 Å². The third-order valence-electron chi connectivity index (χ3n) is 2.52. The van der Waals surface area contributed by atoms with Crippen LogP contribution in [0.5, 0.6) is 0 Å². The van der Waals surface area contributed by atoms with E-state index in [1.54, 1.807) is 6.07 Å². The van der Waals surface area contributed by atoms with Gasteiger partial charge in [-0.25, -0.2) is 0 Å². The molecule has 1 heterocycles. The number of aromatic nitrogens is 3. The zero-order valence-corrected chi connectivity index (χ0v) is 10.8. The maximum Gasteiger partial charge on any atom is 0.165 e. The van der Waals surface area contributed by atoms with E-state index in [-0.39, 0.29) is 0 Å². The molecule has 1 aromatic heterocycles. The second kappa shape index (κ2) is 5.04. The Labute approximate surface area is 109 Å². The highest BCUT2D eigenvalue weighted by Crippen LogP contribution is 2.32. The second-order valence-electron chi connectivity index (χ2n) is 3.49. The van der Waals surface area contributed by atoms with Crippen molar-refractivity contribution in [3.8, 4) is 11.4 Å². The molecule has 0 atom stereocenters. The van der Waals surface area contributed by atoms with E-state index in [9.17, 15) is 0 Å². The fraction of sp³-hybridized carbons (Fsp3) is 0.273. The number of benzene rings is 1. The number of nitrogens with two attached hydrogens (primary N) is 1. The number of hydrogen-bond donors (Lipinski definition) is 1. The average Bonchev–Trinajstić information content (AvgIpc) is 2.75. The lowest BCUT2D eigenvalue weighted by molar-refractivity contribution is 0.704. The van der Waals surface area contributed by atoms with Crippen molar-refractivity contribution in [3.63, 3.8) is 0 Å². The fourth-order valence-electron chi connectivity index (χ4n) is 1.69. The van der Waals surface area contributed by atoms with E-state index in [2.05, 4.69) is 10.2 Å². The summed E-state index contributed by atoms with van der Waals surface area (Å²) >= 11 is 12.2. The first kappa shape index (κ1) is 12.4. The van der Waals surface area contributed by atoms with Crippen LogP contribution in [0.1, 0.15) is 12.7 Å².